The summed E-state index contributed by atoms with van der Waals surface area (Å²) in [7, 11) is 5.07. The van der Waals surface area contributed by atoms with Crippen molar-refractivity contribution < 1.29 is 19.0 Å². The van der Waals surface area contributed by atoms with Crippen molar-refractivity contribution in [2.24, 2.45) is 5.92 Å². The van der Waals surface area contributed by atoms with Crippen LogP contribution in [0.15, 0.2) is 31.0 Å². The van der Waals surface area contributed by atoms with E-state index in [1.54, 1.807) is 12.3 Å². The second kappa shape index (κ2) is 11.4. The number of rotatable bonds is 10. The summed E-state index contributed by atoms with van der Waals surface area (Å²) in [5, 5.41) is 7.62. The third kappa shape index (κ3) is 5.68. The van der Waals surface area contributed by atoms with Gasteiger partial charge >= 0.3 is 0 Å². The molecule has 0 unspecified atom stereocenters. The number of aromatic nitrogens is 3. The predicted octanol–water partition coefficient (Wildman–Crippen LogP) is 4.34. The molecular formula is C27H30Cl2N6O4. The number of nitrogens with one attached hydrogen (secondary N) is 2. The molecule has 2 aromatic heterocycles. The Morgan fingerprint density at radius 2 is 1.85 bits per heavy atom. The fourth-order valence-electron chi connectivity index (χ4n) is 4.62. The van der Waals surface area contributed by atoms with E-state index in [9.17, 15) is 4.79 Å². The number of fused-ring (bicyclic) bond motifs is 1. The number of pyridine rings is 1. The fourth-order valence-corrected chi connectivity index (χ4v) is 5.31. The van der Waals surface area contributed by atoms with E-state index in [2.05, 4.69) is 27.1 Å². The highest BCUT2D eigenvalue weighted by Gasteiger charge is 2.30. The standard InChI is InChI=1S/C27H30Cl2N6O4/c1-5-21(36)31-17-12-39-13-18(17)33-27-30-10-15-8-16(22-23(28)19(37-3)9-20(38-4)24(22)29)32-26(25(15)34-27)35(2)11-14-6-7-14/h5,8-10,14,17-18H,1,6-7,11-13H2,2-4H3,(H,31,36)(H,30,33,34)/t17-,18+/m0/s1. The van der Waals surface area contributed by atoms with E-state index in [1.165, 1.54) is 33.1 Å². The van der Waals surface area contributed by atoms with Crippen LogP contribution >= 0.6 is 23.2 Å². The van der Waals surface area contributed by atoms with Crippen molar-refractivity contribution in [3.8, 4) is 22.8 Å². The molecule has 2 aliphatic rings. The summed E-state index contributed by atoms with van der Waals surface area (Å²) in [5.41, 5.74) is 1.73. The van der Waals surface area contributed by atoms with E-state index < -0.39 is 0 Å². The Morgan fingerprint density at radius 3 is 2.49 bits per heavy atom. The molecule has 2 N–H and O–H groups in total. The molecular weight excluding hydrogens is 543 g/mol. The van der Waals surface area contributed by atoms with Crippen molar-refractivity contribution in [2.45, 2.75) is 24.9 Å². The van der Waals surface area contributed by atoms with Crippen LogP contribution in [0, 0.1) is 5.92 Å². The minimum atomic E-state index is -0.260. The molecule has 206 valence electrons. The molecule has 1 aromatic carbocycles. The van der Waals surface area contributed by atoms with E-state index in [-0.39, 0.29) is 18.0 Å². The number of hydrogen-bond acceptors (Lipinski definition) is 9. The van der Waals surface area contributed by atoms with E-state index in [0.717, 1.165) is 11.9 Å². The van der Waals surface area contributed by atoms with Crippen LogP contribution in [-0.4, -0.2) is 74.0 Å². The second-order valence-electron chi connectivity index (χ2n) is 9.68. The molecule has 0 bridgehead atoms. The van der Waals surface area contributed by atoms with E-state index in [0.29, 0.717) is 69.2 Å². The molecule has 1 saturated heterocycles. The van der Waals surface area contributed by atoms with Crippen molar-refractivity contribution in [3.05, 3.63) is 41.0 Å². The first kappa shape index (κ1) is 27.2. The number of benzene rings is 1. The van der Waals surface area contributed by atoms with Gasteiger partial charge in [0.2, 0.25) is 11.9 Å². The lowest BCUT2D eigenvalue weighted by atomic mass is 10.1. The Labute approximate surface area is 236 Å². The molecule has 0 spiro atoms. The molecule has 3 heterocycles. The van der Waals surface area contributed by atoms with Crippen LogP contribution in [0.4, 0.5) is 11.8 Å². The molecule has 12 heteroatoms. The van der Waals surface area contributed by atoms with Gasteiger partial charge in [-0.15, -0.1) is 0 Å². The molecule has 1 aliphatic carbocycles. The molecule has 39 heavy (non-hydrogen) atoms. The largest absolute Gasteiger partial charge is 0.495 e. The number of methoxy groups -OCH3 is 2. The quantitative estimate of drug-likeness (QED) is 0.342. The monoisotopic (exact) mass is 572 g/mol. The SMILES string of the molecule is C=CC(=O)N[C@H]1COC[C@H]1Nc1ncc2cc(-c3c(Cl)c(OC)cc(OC)c3Cl)nc(N(C)CC3CC3)c2n1. The van der Waals surface area contributed by atoms with Gasteiger partial charge in [0.05, 0.1) is 55.3 Å². The van der Waals surface area contributed by atoms with Gasteiger partial charge in [0.15, 0.2) is 5.82 Å². The Kier molecular flexibility index (Phi) is 7.97. The summed E-state index contributed by atoms with van der Waals surface area (Å²) in [5.74, 6) is 2.29. The van der Waals surface area contributed by atoms with Crippen LogP contribution in [0.1, 0.15) is 12.8 Å². The smallest absolute Gasteiger partial charge is 0.243 e. The zero-order valence-corrected chi connectivity index (χ0v) is 23.5. The summed E-state index contributed by atoms with van der Waals surface area (Å²) in [4.78, 5) is 28.3. The van der Waals surface area contributed by atoms with Crippen LogP contribution in [-0.2, 0) is 9.53 Å². The van der Waals surface area contributed by atoms with Crippen LogP contribution in [0.2, 0.25) is 10.0 Å². The van der Waals surface area contributed by atoms with Crippen molar-refractivity contribution >= 4 is 51.8 Å². The fraction of sp³-hybridized carbons (Fsp3) is 0.407. The summed E-state index contributed by atoms with van der Waals surface area (Å²) in [6.07, 6.45) is 5.35. The van der Waals surface area contributed by atoms with Gasteiger partial charge in [0, 0.05) is 36.8 Å². The molecule has 3 aromatic rings. The first-order chi connectivity index (χ1) is 18.8. The third-order valence-corrected chi connectivity index (χ3v) is 7.63. The molecule has 0 radical (unpaired) electrons. The number of halogens is 2. The summed E-state index contributed by atoms with van der Waals surface area (Å²) >= 11 is 13.5. The minimum Gasteiger partial charge on any atom is -0.495 e. The van der Waals surface area contributed by atoms with Crippen LogP contribution in [0.3, 0.4) is 0 Å². The van der Waals surface area contributed by atoms with Gasteiger partial charge in [-0.3, -0.25) is 4.79 Å². The lowest BCUT2D eigenvalue weighted by Crippen LogP contribution is -2.45. The second-order valence-corrected chi connectivity index (χ2v) is 10.4. The molecule has 10 nitrogen and oxygen atoms in total. The summed E-state index contributed by atoms with van der Waals surface area (Å²) in [6, 6.07) is 3.06. The van der Waals surface area contributed by atoms with Crippen LogP contribution < -0.4 is 25.0 Å². The van der Waals surface area contributed by atoms with Crippen LogP contribution in [0.25, 0.3) is 22.2 Å². The molecule has 1 aliphatic heterocycles. The maximum absolute atomic E-state index is 11.8. The number of ether oxygens (including phenoxy) is 3. The van der Waals surface area contributed by atoms with Gasteiger partial charge in [-0.2, -0.15) is 0 Å². The van der Waals surface area contributed by atoms with Crippen molar-refractivity contribution in [2.75, 3.05) is 51.2 Å². The minimum absolute atomic E-state index is 0.201. The maximum Gasteiger partial charge on any atom is 0.243 e. The Morgan fingerprint density at radius 1 is 1.15 bits per heavy atom. The topological polar surface area (TPSA) is 111 Å². The van der Waals surface area contributed by atoms with Gasteiger partial charge in [-0.1, -0.05) is 29.8 Å². The van der Waals surface area contributed by atoms with Crippen molar-refractivity contribution in [1.29, 1.82) is 0 Å². The highest BCUT2D eigenvalue weighted by atomic mass is 35.5. The van der Waals surface area contributed by atoms with Gasteiger partial charge in [-0.05, 0) is 30.9 Å². The molecule has 1 amide bonds. The van der Waals surface area contributed by atoms with Gasteiger partial charge in [-0.25, -0.2) is 15.0 Å². The zero-order chi connectivity index (χ0) is 27.7. The van der Waals surface area contributed by atoms with E-state index in [4.69, 9.17) is 47.4 Å². The Bertz CT molecular complexity index is 1390. The number of carbonyl (C=O) groups excluding carboxylic acids is 1. The predicted molar refractivity (Wildman–Crippen MR) is 152 cm³/mol. The third-order valence-electron chi connectivity index (χ3n) is 6.88. The van der Waals surface area contributed by atoms with Gasteiger partial charge in [0.25, 0.3) is 0 Å². The highest BCUT2D eigenvalue weighted by molar-refractivity contribution is 6.41. The first-order valence-electron chi connectivity index (χ1n) is 12.6. The number of hydrogen-bond donors (Lipinski definition) is 2. The summed E-state index contributed by atoms with van der Waals surface area (Å²) < 4.78 is 16.5. The van der Waals surface area contributed by atoms with Crippen LogP contribution in [0.5, 0.6) is 11.5 Å². The molecule has 2 fully saturated rings. The van der Waals surface area contributed by atoms with Crippen molar-refractivity contribution in [1.82, 2.24) is 20.3 Å². The lowest BCUT2D eigenvalue weighted by Gasteiger charge is -2.22. The van der Waals surface area contributed by atoms with Gasteiger partial charge < -0.3 is 29.7 Å². The number of anilines is 2. The zero-order valence-electron chi connectivity index (χ0n) is 22.0. The van der Waals surface area contributed by atoms with E-state index >= 15 is 0 Å². The lowest BCUT2D eigenvalue weighted by molar-refractivity contribution is -0.117. The van der Waals surface area contributed by atoms with Crippen molar-refractivity contribution in [3.63, 3.8) is 0 Å². The normalized spacial score (nSPS) is 18.6. The average Bonchev–Trinajstić information content (AvgIpc) is 3.65. The molecule has 5 rings (SSSR count). The number of carbonyl (C=O) groups is 1. The summed E-state index contributed by atoms with van der Waals surface area (Å²) in [6.45, 7) is 5.15. The highest BCUT2D eigenvalue weighted by Crippen LogP contribution is 2.46. The Hall–Kier alpha value is -3.34. The first-order valence-corrected chi connectivity index (χ1v) is 13.3. The Balaban J connectivity index is 1.57. The average molecular weight is 573 g/mol. The maximum atomic E-state index is 11.8. The van der Waals surface area contributed by atoms with Gasteiger partial charge in [0.1, 0.15) is 17.0 Å². The number of amides is 1. The molecule has 1 saturated carbocycles. The van der Waals surface area contributed by atoms with E-state index in [1.807, 2.05) is 13.1 Å². The number of nitrogens with zero attached hydrogens (tertiary/aromatic N) is 4. The molecule has 2 atom stereocenters.